The lowest BCUT2D eigenvalue weighted by molar-refractivity contribution is 0.487. The van der Waals surface area contributed by atoms with E-state index in [0.29, 0.717) is 11.5 Å². The number of phenolic OH excluding ortho intramolecular Hbond substituents is 2. The summed E-state index contributed by atoms with van der Waals surface area (Å²) in [5, 5.41) is 31.0. The lowest BCUT2D eigenvalue weighted by Crippen LogP contribution is -1.94. The van der Waals surface area contributed by atoms with Crippen LogP contribution in [0.5, 0.6) is 11.5 Å². The SMILES string of the molecule is CCCCCCCCc1ccc2c(O)c3ccccc3c(-c3c4ccccc4c(O)c4ccc(CCCCCCCC)cc34)c2c1. The molecule has 2 N–H and O–H groups in total. The summed E-state index contributed by atoms with van der Waals surface area (Å²) in [5.41, 5.74) is 4.92. The molecule has 0 heterocycles. The van der Waals surface area contributed by atoms with Crippen molar-refractivity contribution in [1.82, 2.24) is 0 Å². The van der Waals surface area contributed by atoms with E-state index >= 15 is 0 Å². The van der Waals surface area contributed by atoms with E-state index in [1.165, 1.54) is 88.2 Å². The van der Waals surface area contributed by atoms with Crippen LogP contribution in [0.1, 0.15) is 102 Å². The number of aryl methyl sites for hydroxylation is 2. The van der Waals surface area contributed by atoms with Crippen molar-refractivity contribution in [3.63, 3.8) is 0 Å². The summed E-state index contributed by atoms with van der Waals surface area (Å²) >= 11 is 0. The Balaban J connectivity index is 1.53. The molecule has 6 rings (SSSR count). The molecule has 0 atom stereocenters. The maximum Gasteiger partial charge on any atom is 0.131 e. The molecule has 2 nitrogen and oxygen atoms in total. The fourth-order valence-electron chi connectivity index (χ4n) is 7.47. The van der Waals surface area contributed by atoms with E-state index in [0.717, 1.165) is 67.1 Å². The maximum atomic E-state index is 11.6. The molecular formula is C44H50O2. The number of benzene rings is 6. The average molecular weight is 611 g/mol. The molecule has 0 saturated heterocycles. The van der Waals surface area contributed by atoms with E-state index in [1.807, 2.05) is 24.3 Å². The molecule has 0 radical (unpaired) electrons. The number of hydrogen-bond acceptors (Lipinski definition) is 2. The van der Waals surface area contributed by atoms with Crippen LogP contribution in [-0.2, 0) is 12.8 Å². The van der Waals surface area contributed by atoms with E-state index in [-0.39, 0.29) is 0 Å². The maximum absolute atomic E-state index is 11.6. The van der Waals surface area contributed by atoms with Crippen molar-refractivity contribution in [2.24, 2.45) is 0 Å². The van der Waals surface area contributed by atoms with Crippen LogP contribution in [0.15, 0.2) is 84.9 Å². The Bertz CT molecular complexity index is 1810. The molecule has 0 spiro atoms. The molecule has 0 saturated carbocycles. The van der Waals surface area contributed by atoms with E-state index in [2.05, 4.69) is 74.5 Å². The van der Waals surface area contributed by atoms with Gasteiger partial charge in [-0.3, -0.25) is 0 Å². The number of aromatic hydroxyl groups is 2. The zero-order chi connectivity index (χ0) is 31.9. The van der Waals surface area contributed by atoms with E-state index in [1.54, 1.807) is 0 Å². The van der Waals surface area contributed by atoms with Gasteiger partial charge in [0.05, 0.1) is 0 Å². The topological polar surface area (TPSA) is 40.5 Å². The zero-order valence-corrected chi connectivity index (χ0v) is 27.9. The summed E-state index contributed by atoms with van der Waals surface area (Å²) in [6, 6.07) is 29.9. The molecule has 0 aliphatic carbocycles. The quantitative estimate of drug-likeness (QED) is 0.0897. The summed E-state index contributed by atoms with van der Waals surface area (Å²) in [6.45, 7) is 4.53. The molecule has 0 amide bonds. The molecule has 0 unspecified atom stereocenters. The third kappa shape index (κ3) is 6.59. The Labute approximate surface area is 275 Å². The van der Waals surface area contributed by atoms with Crippen LogP contribution < -0.4 is 0 Å². The van der Waals surface area contributed by atoms with Crippen LogP contribution in [-0.4, -0.2) is 10.2 Å². The van der Waals surface area contributed by atoms with Crippen molar-refractivity contribution in [3.8, 4) is 22.6 Å². The van der Waals surface area contributed by atoms with Crippen LogP contribution in [0.25, 0.3) is 54.2 Å². The molecule has 6 aromatic carbocycles. The minimum absolute atomic E-state index is 0.344. The molecular weight excluding hydrogens is 560 g/mol. The predicted molar refractivity (Wildman–Crippen MR) is 199 cm³/mol. The van der Waals surface area contributed by atoms with Gasteiger partial charge in [-0.1, -0.05) is 163 Å². The lowest BCUT2D eigenvalue weighted by Gasteiger charge is -2.20. The third-order valence-corrected chi connectivity index (χ3v) is 10.0. The third-order valence-electron chi connectivity index (χ3n) is 10.0. The van der Waals surface area contributed by atoms with E-state index in [4.69, 9.17) is 0 Å². The second kappa shape index (κ2) is 15.0. The van der Waals surface area contributed by atoms with Gasteiger partial charge >= 0.3 is 0 Å². The second-order valence-corrected chi connectivity index (χ2v) is 13.3. The van der Waals surface area contributed by atoms with Crippen molar-refractivity contribution >= 4 is 43.1 Å². The first kappa shape index (κ1) is 31.9. The lowest BCUT2D eigenvalue weighted by atomic mass is 9.84. The Morgan fingerprint density at radius 3 is 1.13 bits per heavy atom. The first-order valence-corrected chi connectivity index (χ1v) is 17.9. The van der Waals surface area contributed by atoms with Crippen molar-refractivity contribution < 1.29 is 10.2 Å². The van der Waals surface area contributed by atoms with Crippen LogP contribution in [0.4, 0.5) is 0 Å². The van der Waals surface area contributed by atoms with Crippen molar-refractivity contribution in [2.45, 2.75) is 104 Å². The van der Waals surface area contributed by atoms with E-state index < -0.39 is 0 Å². The Kier molecular flexibility index (Phi) is 10.4. The van der Waals surface area contributed by atoms with Gasteiger partial charge in [0.1, 0.15) is 11.5 Å². The first-order chi connectivity index (χ1) is 22.6. The molecule has 0 fully saturated rings. The molecule has 0 aliphatic heterocycles. The first-order valence-electron chi connectivity index (χ1n) is 17.9. The standard InChI is InChI=1S/C44H50O2/c1-3-5-7-9-11-13-19-31-25-27-37-39(29-31)41(33-21-15-17-23-35(33)43(37)45)42-34-22-16-18-24-36(34)44(46)38-28-26-32(30-40(38)42)20-14-12-10-8-6-4-2/h15-18,21-30,45-46H,3-14,19-20H2,1-2H3. The van der Waals surface area contributed by atoms with Crippen molar-refractivity contribution in [1.29, 1.82) is 0 Å². The molecule has 2 heteroatoms. The second-order valence-electron chi connectivity index (χ2n) is 13.3. The summed E-state index contributed by atoms with van der Waals surface area (Å²) in [5.74, 6) is 0.688. The molecule has 0 aliphatic rings. The minimum Gasteiger partial charge on any atom is -0.507 e. The molecule has 46 heavy (non-hydrogen) atoms. The number of rotatable bonds is 15. The zero-order valence-electron chi connectivity index (χ0n) is 27.9. The van der Waals surface area contributed by atoms with E-state index in [9.17, 15) is 10.2 Å². The largest absolute Gasteiger partial charge is 0.507 e. The number of unbranched alkanes of at least 4 members (excludes halogenated alkanes) is 10. The Morgan fingerprint density at radius 1 is 0.370 bits per heavy atom. The molecule has 0 aromatic heterocycles. The molecule has 0 bridgehead atoms. The van der Waals surface area contributed by atoms with Gasteiger partial charge in [0, 0.05) is 21.5 Å². The summed E-state index contributed by atoms with van der Waals surface area (Å²) in [4.78, 5) is 0. The van der Waals surface area contributed by atoms with Crippen LogP contribution in [0.3, 0.4) is 0 Å². The van der Waals surface area contributed by atoms with Gasteiger partial charge in [-0.15, -0.1) is 0 Å². The van der Waals surface area contributed by atoms with Gasteiger partial charge in [-0.25, -0.2) is 0 Å². The predicted octanol–water partition coefficient (Wildman–Crippen LogP) is 13.2. The van der Waals surface area contributed by atoms with Crippen LogP contribution >= 0.6 is 0 Å². The monoisotopic (exact) mass is 610 g/mol. The summed E-state index contributed by atoms with van der Waals surface area (Å²) < 4.78 is 0. The highest BCUT2D eigenvalue weighted by Crippen LogP contribution is 2.49. The van der Waals surface area contributed by atoms with Crippen molar-refractivity contribution in [2.75, 3.05) is 0 Å². The Hall–Kier alpha value is -4.04. The average Bonchev–Trinajstić information content (AvgIpc) is 3.09. The minimum atomic E-state index is 0.344. The van der Waals surface area contributed by atoms with Gasteiger partial charge < -0.3 is 10.2 Å². The highest BCUT2D eigenvalue weighted by atomic mass is 16.3. The van der Waals surface area contributed by atoms with Crippen LogP contribution in [0.2, 0.25) is 0 Å². The highest BCUT2D eigenvalue weighted by molar-refractivity contribution is 6.26. The summed E-state index contributed by atoms with van der Waals surface area (Å²) in [7, 11) is 0. The summed E-state index contributed by atoms with van der Waals surface area (Å²) in [6.07, 6.45) is 17.3. The van der Waals surface area contributed by atoms with Gasteiger partial charge in [-0.2, -0.15) is 0 Å². The fourth-order valence-corrected chi connectivity index (χ4v) is 7.47. The highest BCUT2D eigenvalue weighted by Gasteiger charge is 2.21. The number of hydrogen-bond donors (Lipinski definition) is 2. The van der Waals surface area contributed by atoms with Gasteiger partial charge in [0.2, 0.25) is 0 Å². The fraction of sp³-hybridized carbons (Fsp3) is 0.364. The number of phenols is 2. The smallest absolute Gasteiger partial charge is 0.131 e. The normalized spacial score (nSPS) is 11.8. The number of fused-ring (bicyclic) bond motifs is 4. The van der Waals surface area contributed by atoms with Gasteiger partial charge in [0.25, 0.3) is 0 Å². The van der Waals surface area contributed by atoms with Gasteiger partial charge in [0.15, 0.2) is 0 Å². The van der Waals surface area contributed by atoms with Crippen molar-refractivity contribution in [3.05, 3.63) is 96.1 Å². The molecule has 238 valence electrons. The Morgan fingerprint density at radius 2 is 0.717 bits per heavy atom. The van der Waals surface area contributed by atoms with Crippen LogP contribution in [0, 0.1) is 0 Å². The molecule has 6 aromatic rings. The van der Waals surface area contributed by atoms with Gasteiger partial charge in [-0.05, 0) is 69.5 Å².